The van der Waals surface area contributed by atoms with Crippen molar-refractivity contribution in [3.8, 4) is 0 Å². The second kappa shape index (κ2) is 3.37. The number of hydrogen-bond donors (Lipinski definition) is 0. The summed E-state index contributed by atoms with van der Waals surface area (Å²) in [5.74, 6) is 0.794. The summed E-state index contributed by atoms with van der Waals surface area (Å²) in [5.41, 5.74) is 0. The Kier molecular flexibility index (Phi) is 2.46. The Morgan fingerprint density at radius 3 is 3.00 bits per heavy atom. The summed E-state index contributed by atoms with van der Waals surface area (Å²) in [6, 6.07) is -0.0556. The summed E-state index contributed by atoms with van der Waals surface area (Å²) in [7, 11) is 1.82. The van der Waals surface area contributed by atoms with Gasteiger partial charge >= 0.3 is 0 Å². The third kappa shape index (κ3) is 1.69. The maximum absolute atomic E-state index is 4.47. The van der Waals surface area contributed by atoms with Gasteiger partial charge in [-0.3, -0.25) is 4.68 Å². The molecule has 0 aliphatic rings. The van der Waals surface area contributed by atoms with E-state index in [2.05, 4.69) is 32.5 Å². The second-order valence-electron chi connectivity index (χ2n) is 2.14. The molecule has 0 unspecified atom stereocenters. The van der Waals surface area contributed by atoms with Gasteiger partial charge in [0.05, 0.1) is 5.16 Å². The number of nitrogens with zero attached hydrogens (tertiary/aromatic N) is 4. The van der Waals surface area contributed by atoms with Crippen molar-refractivity contribution in [1.29, 1.82) is 0 Å². The molecule has 0 saturated heterocycles. The standard InChI is InChI=1S/C6H8N4S/c1-5(8-4-11)6-7-3-9-10(6)2/h3,5H,1-2H3/t5-/m0/s1. The van der Waals surface area contributed by atoms with Crippen LogP contribution in [0.15, 0.2) is 11.3 Å². The molecule has 0 fully saturated rings. The average Bonchev–Trinajstić information content (AvgIpc) is 2.36. The molecule has 0 N–H and O–H groups in total. The van der Waals surface area contributed by atoms with Crippen molar-refractivity contribution in [2.45, 2.75) is 13.0 Å². The lowest BCUT2D eigenvalue weighted by atomic mass is 10.3. The molecule has 5 heteroatoms. The Labute approximate surface area is 70.0 Å². The summed E-state index contributed by atoms with van der Waals surface area (Å²) in [6.45, 7) is 1.89. The van der Waals surface area contributed by atoms with Crippen LogP contribution in [0.1, 0.15) is 18.8 Å². The molecule has 58 valence electrons. The molecule has 1 aromatic rings. The van der Waals surface area contributed by atoms with E-state index < -0.39 is 0 Å². The van der Waals surface area contributed by atoms with Crippen molar-refractivity contribution in [2.75, 3.05) is 0 Å². The number of rotatable bonds is 2. The molecule has 1 heterocycles. The van der Waals surface area contributed by atoms with Gasteiger partial charge in [-0.25, -0.2) is 9.98 Å². The number of hydrogen-bond acceptors (Lipinski definition) is 4. The van der Waals surface area contributed by atoms with Gasteiger partial charge in [-0.05, 0) is 19.1 Å². The molecule has 0 bridgehead atoms. The quantitative estimate of drug-likeness (QED) is 0.488. The van der Waals surface area contributed by atoms with Gasteiger partial charge < -0.3 is 0 Å². The van der Waals surface area contributed by atoms with Crippen molar-refractivity contribution in [3.05, 3.63) is 12.2 Å². The van der Waals surface area contributed by atoms with Crippen LogP contribution in [0.2, 0.25) is 0 Å². The van der Waals surface area contributed by atoms with Gasteiger partial charge in [0.15, 0.2) is 5.82 Å². The van der Waals surface area contributed by atoms with Crippen molar-refractivity contribution >= 4 is 17.4 Å². The van der Waals surface area contributed by atoms with Crippen LogP contribution in [0.3, 0.4) is 0 Å². The van der Waals surface area contributed by atoms with Crippen molar-refractivity contribution in [1.82, 2.24) is 14.8 Å². The minimum Gasteiger partial charge on any atom is -0.251 e. The first-order chi connectivity index (χ1) is 5.25. The Hall–Kier alpha value is -1.06. The van der Waals surface area contributed by atoms with Crippen LogP contribution in [0.4, 0.5) is 0 Å². The van der Waals surface area contributed by atoms with E-state index in [4.69, 9.17) is 0 Å². The van der Waals surface area contributed by atoms with Crippen LogP contribution in [0, 0.1) is 0 Å². The fraction of sp³-hybridized carbons (Fsp3) is 0.500. The minimum atomic E-state index is -0.0556. The number of aliphatic imine (C=N–C) groups is 1. The molecule has 1 rings (SSSR count). The average molecular weight is 168 g/mol. The normalized spacial score (nSPS) is 12.2. The molecule has 0 saturated carbocycles. The summed E-state index contributed by atoms with van der Waals surface area (Å²) < 4.78 is 1.67. The first-order valence-electron chi connectivity index (χ1n) is 3.16. The van der Waals surface area contributed by atoms with Gasteiger partial charge in [0.2, 0.25) is 0 Å². The Bertz CT molecular complexity index is 287. The van der Waals surface area contributed by atoms with Gasteiger partial charge in [-0.1, -0.05) is 0 Å². The lowest BCUT2D eigenvalue weighted by Gasteiger charge is -2.01. The van der Waals surface area contributed by atoms with Crippen LogP contribution in [0.25, 0.3) is 0 Å². The zero-order valence-electron chi connectivity index (χ0n) is 6.35. The molecule has 1 atom stereocenters. The van der Waals surface area contributed by atoms with Gasteiger partial charge in [0.1, 0.15) is 12.4 Å². The first kappa shape index (κ1) is 8.04. The van der Waals surface area contributed by atoms with Crippen LogP contribution >= 0.6 is 12.2 Å². The summed E-state index contributed by atoms with van der Waals surface area (Å²) in [4.78, 5) is 7.88. The zero-order chi connectivity index (χ0) is 8.27. The third-order valence-corrected chi connectivity index (χ3v) is 1.47. The van der Waals surface area contributed by atoms with E-state index in [1.807, 2.05) is 14.0 Å². The molecule has 4 nitrogen and oxygen atoms in total. The monoisotopic (exact) mass is 168 g/mol. The number of isothiocyanates is 1. The number of thiocarbonyl (C=S) groups is 1. The maximum atomic E-state index is 4.47. The number of aromatic nitrogens is 3. The predicted molar refractivity (Wildman–Crippen MR) is 44.4 cm³/mol. The van der Waals surface area contributed by atoms with Gasteiger partial charge in [-0.2, -0.15) is 5.10 Å². The molecule has 0 spiro atoms. The largest absolute Gasteiger partial charge is 0.251 e. The molecule has 0 aromatic carbocycles. The van der Waals surface area contributed by atoms with E-state index in [-0.39, 0.29) is 6.04 Å². The van der Waals surface area contributed by atoms with Gasteiger partial charge in [0.25, 0.3) is 0 Å². The first-order valence-corrected chi connectivity index (χ1v) is 3.57. The third-order valence-electron chi connectivity index (χ3n) is 1.37. The number of aryl methyl sites for hydroxylation is 1. The van der Waals surface area contributed by atoms with E-state index >= 15 is 0 Å². The summed E-state index contributed by atoms with van der Waals surface area (Å²) in [5, 5.41) is 6.21. The molecule has 0 aliphatic carbocycles. The molecule has 0 radical (unpaired) electrons. The molecule has 1 aromatic heterocycles. The Balaban J connectivity index is 2.92. The molecular formula is C6H8N4S. The highest BCUT2D eigenvalue weighted by Gasteiger charge is 2.07. The van der Waals surface area contributed by atoms with Crippen molar-refractivity contribution < 1.29 is 0 Å². The lowest BCUT2D eigenvalue weighted by Crippen LogP contribution is -2.01. The summed E-state index contributed by atoms with van der Waals surface area (Å²) in [6.07, 6.45) is 1.49. The zero-order valence-corrected chi connectivity index (χ0v) is 7.17. The van der Waals surface area contributed by atoms with Crippen LogP contribution in [0.5, 0.6) is 0 Å². The Morgan fingerprint density at radius 2 is 2.55 bits per heavy atom. The van der Waals surface area contributed by atoms with E-state index in [1.165, 1.54) is 6.33 Å². The second-order valence-corrected chi connectivity index (χ2v) is 2.32. The SMILES string of the molecule is C[C@H](N=C=S)c1ncnn1C. The highest BCUT2D eigenvalue weighted by molar-refractivity contribution is 7.78. The fourth-order valence-electron chi connectivity index (χ4n) is 0.820. The smallest absolute Gasteiger partial charge is 0.151 e. The summed E-state index contributed by atoms with van der Waals surface area (Å²) >= 11 is 4.47. The van der Waals surface area contributed by atoms with E-state index in [0.29, 0.717) is 0 Å². The highest BCUT2D eigenvalue weighted by atomic mass is 32.1. The van der Waals surface area contributed by atoms with Gasteiger partial charge in [0, 0.05) is 7.05 Å². The van der Waals surface area contributed by atoms with Crippen LogP contribution < -0.4 is 0 Å². The molecule has 0 aliphatic heterocycles. The van der Waals surface area contributed by atoms with Crippen LogP contribution in [-0.4, -0.2) is 19.9 Å². The van der Waals surface area contributed by atoms with E-state index in [9.17, 15) is 0 Å². The molecule has 11 heavy (non-hydrogen) atoms. The van der Waals surface area contributed by atoms with Crippen LogP contribution in [-0.2, 0) is 7.05 Å². The Morgan fingerprint density at radius 1 is 1.82 bits per heavy atom. The van der Waals surface area contributed by atoms with Crippen molar-refractivity contribution in [3.63, 3.8) is 0 Å². The fourth-order valence-corrected chi connectivity index (χ4v) is 0.978. The van der Waals surface area contributed by atoms with Gasteiger partial charge in [-0.15, -0.1) is 0 Å². The predicted octanol–water partition coefficient (Wildman–Crippen LogP) is 0.979. The molecule has 0 amide bonds. The van der Waals surface area contributed by atoms with E-state index in [0.717, 1.165) is 5.82 Å². The minimum absolute atomic E-state index is 0.0556. The lowest BCUT2D eigenvalue weighted by molar-refractivity contribution is 0.643. The molecular weight excluding hydrogens is 160 g/mol. The topological polar surface area (TPSA) is 43.1 Å². The maximum Gasteiger partial charge on any atom is 0.151 e. The van der Waals surface area contributed by atoms with E-state index in [1.54, 1.807) is 4.68 Å². The van der Waals surface area contributed by atoms with Crippen molar-refractivity contribution in [2.24, 2.45) is 12.0 Å². The highest BCUT2D eigenvalue weighted by Crippen LogP contribution is 2.10.